The molecule has 0 atom stereocenters. The number of nitrogens with one attached hydrogen (secondary N) is 1. The van der Waals surface area contributed by atoms with Crippen molar-refractivity contribution in [3.05, 3.63) is 36.5 Å². The number of nitrogens with zero attached hydrogens (tertiary/aromatic N) is 3. The van der Waals surface area contributed by atoms with Gasteiger partial charge in [-0.05, 0) is 7.05 Å². The first-order valence-electron chi connectivity index (χ1n) is 7.00. The molecule has 0 aliphatic rings. The van der Waals surface area contributed by atoms with Gasteiger partial charge in [-0.2, -0.15) is 0 Å². The molecule has 0 fully saturated rings. The second-order valence-electron chi connectivity index (χ2n) is 3.34. The van der Waals surface area contributed by atoms with Crippen LogP contribution < -0.4 is 5.32 Å². The molecule has 0 radical (unpaired) electrons. The molecule has 0 unspecified atom stereocenters. The molecule has 1 aromatic heterocycles. The first-order chi connectivity index (χ1) is 9.40. The van der Waals surface area contributed by atoms with E-state index in [0.717, 1.165) is 24.3 Å². The molecule has 106 valence electrons. The summed E-state index contributed by atoms with van der Waals surface area (Å²) < 4.78 is 1.85. The first-order valence-corrected chi connectivity index (χ1v) is 7.00. The van der Waals surface area contributed by atoms with E-state index in [1.807, 2.05) is 76.0 Å². The highest BCUT2D eigenvalue weighted by molar-refractivity contribution is 5.56. The fraction of sp³-hybridized carbons (Fsp3) is 0.467. The maximum Gasteiger partial charge on any atom is 0.113 e. The van der Waals surface area contributed by atoms with Crippen LogP contribution in [0.3, 0.4) is 0 Å². The lowest BCUT2D eigenvalue weighted by molar-refractivity contribution is 0.565. The molecule has 1 heterocycles. The lowest BCUT2D eigenvalue weighted by Gasteiger charge is -1.97. The normalized spacial score (nSPS) is 8.89. The summed E-state index contributed by atoms with van der Waals surface area (Å²) in [5, 5.41) is 11.3. The zero-order valence-corrected chi connectivity index (χ0v) is 12.7. The van der Waals surface area contributed by atoms with Gasteiger partial charge in [-0.1, -0.05) is 63.2 Å². The summed E-state index contributed by atoms with van der Waals surface area (Å²) in [6.45, 7) is 9.74. The van der Waals surface area contributed by atoms with E-state index in [1.165, 1.54) is 0 Å². The van der Waals surface area contributed by atoms with Crippen molar-refractivity contribution in [2.75, 3.05) is 13.6 Å². The SMILES string of the molecule is CC.CC.CNCCn1cc(-c2ccccc2)nn1. The fourth-order valence-corrected chi connectivity index (χ4v) is 1.38. The van der Waals surface area contributed by atoms with Crippen LogP contribution in [0.2, 0.25) is 0 Å². The Kier molecular flexibility index (Phi) is 10.4. The molecule has 4 nitrogen and oxygen atoms in total. The molecule has 1 N–H and O–H groups in total. The Morgan fingerprint density at radius 2 is 1.68 bits per heavy atom. The van der Waals surface area contributed by atoms with Gasteiger partial charge in [0.25, 0.3) is 0 Å². The summed E-state index contributed by atoms with van der Waals surface area (Å²) in [5.41, 5.74) is 2.03. The molecule has 19 heavy (non-hydrogen) atoms. The third kappa shape index (κ3) is 6.15. The van der Waals surface area contributed by atoms with E-state index in [0.29, 0.717) is 0 Å². The van der Waals surface area contributed by atoms with E-state index in [9.17, 15) is 0 Å². The van der Waals surface area contributed by atoms with Gasteiger partial charge in [0.2, 0.25) is 0 Å². The number of benzene rings is 1. The maximum atomic E-state index is 4.12. The lowest BCUT2D eigenvalue weighted by Crippen LogP contribution is -2.15. The van der Waals surface area contributed by atoms with Gasteiger partial charge in [0, 0.05) is 12.1 Å². The number of aromatic nitrogens is 3. The highest BCUT2D eigenvalue weighted by atomic mass is 15.4. The largest absolute Gasteiger partial charge is 0.318 e. The van der Waals surface area contributed by atoms with Crippen LogP contribution in [0.1, 0.15) is 27.7 Å². The van der Waals surface area contributed by atoms with Crippen LogP contribution in [0.4, 0.5) is 0 Å². The fourth-order valence-electron chi connectivity index (χ4n) is 1.38. The van der Waals surface area contributed by atoms with Crippen molar-refractivity contribution in [1.82, 2.24) is 20.3 Å². The van der Waals surface area contributed by atoms with Gasteiger partial charge < -0.3 is 5.32 Å². The van der Waals surface area contributed by atoms with E-state index in [-0.39, 0.29) is 0 Å². The van der Waals surface area contributed by atoms with Crippen LogP contribution in [0.5, 0.6) is 0 Å². The Labute approximate surface area is 116 Å². The summed E-state index contributed by atoms with van der Waals surface area (Å²) in [4.78, 5) is 0. The van der Waals surface area contributed by atoms with E-state index in [4.69, 9.17) is 0 Å². The molecule has 2 aromatic rings. The van der Waals surface area contributed by atoms with E-state index < -0.39 is 0 Å². The van der Waals surface area contributed by atoms with Gasteiger partial charge in [0.1, 0.15) is 5.69 Å². The van der Waals surface area contributed by atoms with Gasteiger partial charge in [-0.25, -0.2) is 0 Å². The molecule has 0 bridgehead atoms. The summed E-state index contributed by atoms with van der Waals surface area (Å²) in [6.07, 6.45) is 1.96. The zero-order valence-electron chi connectivity index (χ0n) is 12.7. The molecular formula is C15H26N4. The minimum absolute atomic E-state index is 0.844. The van der Waals surface area contributed by atoms with Crippen LogP contribution in [0.15, 0.2) is 36.5 Å². The molecule has 4 heteroatoms. The molecular weight excluding hydrogens is 236 g/mol. The number of rotatable bonds is 4. The van der Waals surface area contributed by atoms with Gasteiger partial charge in [0.05, 0.1) is 12.7 Å². The minimum Gasteiger partial charge on any atom is -0.318 e. The summed E-state index contributed by atoms with van der Waals surface area (Å²) in [6, 6.07) is 10.1. The van der Waals surface area contributed by atoms with Crippen LogP contribution in [0.25, 0.3) is 11.3 Å². The molecule has 0 saturated carbocycles. The average molecular weight is 262 g/mol. The van der Waals surface area contributed by atoms with Crippen molar-refractivity contribution >= 4 is 0 Å². The topological polar surface area (TPSA) is 42.7 Å². The van der Waals surface area contributed by atoms with Crippen molar-refractivity contribution in [1.29, 1.82) is 0 Å². The Hall–Kier alpha value is -1.68. The Balaban J connectivity index is 0.000000741. The third-order valence-corrected chi connectivity index (χ3v) is 2.20. The smallest absolute Gasteiger partial charge is 0.113 e. The van der Waals surface area contributed by atoms with Crippen molar-refractivity contribution in [2.24, 2.45) is 0 Å². The standard InChI is InChI=1S/C11H14N4.2C2H6/c1-12-7-8-15-9-11(13-14-15)10-5-3-2-4-6-10;2*1-2/h2-6,9,12H,7-8H2,1H3;2*1-2H3. The highest BCUT2D eigenvalue weighted by Gasteiger charge is 2.01. The summed E-state index contributed by atoms with van der Waals surface area (Å²) >= 11 is 0. The zero-order chi connectivity index (χ0) is 14.5. The molecule has 1 aromatic carbocycles. The molecule has 0 amide bonds. The van der Waals surface area contributed by atoms with Gasteiger partial charge >= 0.3 is 0 Å². The van der Waals surface area contributed by atoms with Crippen molar-refractivity contribution in [2.45, 2.75) is 34.2 Å². The van der Waals surface area contributed by atoms with Crippen molar-refractivity contribution in [3.8, 4) is 11.3 Å². The highest BCUT2D eigenvalue weighted by Crippen LogP contribution is 2.14. The molecule has 0 saturated heterocycles. The first kappa shape index (κ1) is 17.3. The molecule has 0 aliphatic carbocycles. The van der Waals surface area contributed by atoms with Crippen LogP contribution in [0, 0.1) is 0 Å². The molecule has 0 spiro atoms. The molecule has 2 rings (SSSR count). The monoisotopic (exact) mass is 262 g/mol. The number of hydrogen-bond donors (Lipinski definition) is 1. The summed E-state index contributed by atoms with van der Waals surface area (Å²) in [5.74, 6) is 0. The minimum atomic E-state index is 0.844. The summed E-state index contributed by atoms with van der Waals surface area (Å²) in [7, 11) is 1.93. The Morgan fingerprint density at radius 3 is 2.26 bits per heavy atom. The van der Waals surface area contributed by atoms with E-state index in [1.54, 1.807) is 0 Å². The third-order valence-electron chi connectivity index (χ3n) is 2.20. The Morgan fingerprint density at radius 1 is 1.05 bits per heavy atom. The van der Waals surface area contributed by atoms with Gasteiger partial charge in [-0.15, -0.1) is 5.10 Å². The van der Waals surface area contributed by atoms with Crippen LogP contribution >= 0.6 is 0 Å². The lowest BCUT2D eigenvalue weighted by atomic mass is 10.2. The molecule has 0 aliphatic heterocycles. The second kappa shape index (κ2) is 11.4. The van der Waals surface area contributed by atoms with Gasteiger partial charge in [0.15, 0.2) is 0 Å². The van der Waals surface area contributed by atoms with Crippen LogP contribution in [-0.4, -0.2) is 28.6 Å². The van der Waals surface area contributed by atoms with Crippen molar-refractivity contribution < 1.29 is 0 Å². The second-order valence-corrected chi connectivity index (χ2v) is 3.34. The maximum absolute atomic E-state index is 4.12. The number of hydrogen-bond acceptors (Lipinski definition) is 3. The quantitative estimate of drug-likeness (QED) is 0.920. The predicted molar refractivity (Wildman–Crippen MR) is 82.1 cm³/mol. The van der Waals surface area contributed by atoms with Crippen LogP contribution in [-0.2, 0) is 6.54 Å². The number of likely N-dealkylation sites (N-methyl/N-ethyl adjacent to an activating group) is 1. The van der Waals surface area contributed by atoms with E-state index in [2.05, 4.69) is 15.6 Å². The Bertz CT molecular complexity index is 409. The van der Waals surface area contributed by atoms with Crippen molar-refractivity contribution in [3.63, 3.8) is 0 Å². The average Bonchev–Trinajstić information content (AvgIpc) is 2.99. The van der Waals surface area contributed by atoms with E-state index >= 15 is 0 Å². The predicted octanol–water partition coefficient (Wildman–Crippen LogP) is 3.22. The van der Waals surface area contributed by atoms with Gasteiger partial charge in [-0.3, -0.25) is 4.68 Å².